The first kappa shape index (κ1) is 26.5. The van der Waals surface area contributed by atoms with Gasteiger partial charge in [0.15, 0.2) is 0 Å². The SMILES string of the molecule is CCCCCCC1CCC(c2ccc(-c3ccc(C4CCC(CC(C)CC)CC4)cc3)cc2)CC1. The summed E-state index contributed by atoms with van der Waals surface area (Å²) >= 11 is 0. The van der Waals surface area contributed by atoms with E-state index in [-0.39, 0.29) is 0 Å². The van der Waals surface area contributed by atoms with Gasteiger partial charge >= 0.3 is 0 Å². The van der Waals surface area contributed by atoms with Gasteiger partial charge in [-0.3, -0.25) is 0 Å². The summed E-state index contributed by atoms with van der Waals surface area (Å²) in [4.78, 5) is 0. The largest absolute Gasteiger partial charge is 0.0654 e. The molecule has 2 saturated carbocycles. The molecule has 0 saturated heterocycles. The summed E-state index contributed by atoms with van der Waals surface area (Å²) < 4.78 is 0. The summed E-state index contributed by atoms with van der Waals surface area (Å²) in [6, 6.07) is 19.2. The van der Waals surface area contributed by atoms with Gasteiger partial charge in [0.05, 0.1) is 0 Å². The van der Waals surface area contributed by atoms with Crippen LogP contribution in [0.5, 0.6) is 0 Å². The predicted molar refractivity (Wildman–Crippen MR) is 154 cm³/mol. The highest BCUT2D eigenvalue weighted by molar-refractivity contribution is 5.64. The van der Waals surface area contributed by atoms with Gasteiger partial charge in [-0.15, -0.1) is 0 Å². The Labute approximate surface area is 217 Å². The lowest BCUT2D eigenvalue weighted by atomic mass is 9.75. The molecular formula is C35H52. The summed E-state index contributed by atoms with van der Waals surface area (Å²) in [6.45, 7) is 7.08. The Balaban J connectivity index is 1.25. The van der Waals surface area contributed by atoms with Gasteiger partial charge in [-0.2, -0.15) is 0 Å². The minimum atomic E-state index is 0.779. The molecule has 0 aromatic heterocycles. The summed E-state index contributed by atoms with van der Waals surface area (Å²) in [6.07, 6.45) is 21.2. The second-order valence-corrected chi connectivity index (χ2v) is 12.3. The van der Waals surface area contributed by atoms with Crippen molar-refractivity contribution in [3.63, 3.8) is 0 Å². The van der Waals surface area contributed by atoms with Crippen LogP contribution in [0.2, 0.25) is 0 Å². The van der Waals surface area contributed by atoms with Crippen molar-refractivity contribution < 1.29 is 0 Å². The van der Waals surface area contributed by atoms with E-state index in [2.05, 4.69) is 69.3 Å². The van der Waals surface area contributed by atoms with Crippen LogP contribution in [0.4, 0.5) is 0 Å². The topological polar surface area (TPSA) is 0 Å². The van der Waals surface area contributed by atoms with E-state index in [9.17, 15) is 0 Å². The molecule has 0 heterocycles. The first-order valence-electron chi connectivity index (χ1n) is 15.4. The molecule has 0 bridgehead atoms. The third-order valence-electron chi connectivity index (χ3n) is 9.69. The highest BCUT2D eigenvalue weighted by Gasteiger charge is 2.24. The number of rotatable bonds is 11. The van der Waals surface area contributed by atoms with Crippen molar-refractivity contribution in [2.75, 3.05) is 0 Å². The number of hydrogen-bond acceptors (Lipinski definition) is 0. The van der Waals surface area contributed by atoms with Crippen LogP contribution in [0.15, 0.2) is 48.5 Å². The average Bonchev–Trinajstić information content (AvgIpc) is 2.92. The molecule has 0 spiro atoms. The van der Waals surface area contributed by atoms with E-state index < -0.39 is 0 Å². The molecule has 0 radical (unpaired) electrons. The zero-order valence-electron chi connectivity index (χ0n) is 23.1. The van der Waals surface area contributed by atoms with Crippen molar-refractivity contribution in [1.82, 2.24) is 0 Å². The van der Waals surface area contributed by atoms with Gasteiger partial charge < -0.3 is 0 Å². The summed E-state index contributed by atoms with van der Waals surface area (Å²) in [5, 5.41) is 0. The first-order valence-corrected chi connectivity index (χ1v) is 15.4. The number of hydrogen-bond donors (Lipinski definition) is 0. The molecule has 35 heavy (non-hydrogen) atoms. The Morgan fingerprint density at radius 2 is 1.09 bits per heavy atom. The Hall–Kier alpha value is -1.56. The van der Waals surface area contributed by atoms with E-state index in [1.54, 1.807) is 11.1 Å². The Morgan fingerprint density at radius 3 is 1.54 bits per heavy atom. The zero-order chi connectivity index (χ0) is 24.5. The smallest absolute Gasteiger partial charge is 0.0162 e. The average molecular weight is 473 g/mol. The molecular weight excluding hydrogens is 420 g/mol. The lowest BCUT2D eigenvalue weighted by molar-refractivity contribution is 0.273. The van der Waals surface area contributed by atoms with Crippen LogP contribution in [-0.2, 0) is 0 Å². The van der Waals surface area contributed by atoms with Crippen molar-refractivity contribution in [2.24, 2.45) is 17.8 Å². The van der Waals surface area contributed by atoms with Crippen molar-refractivity contribution in [3.05, 3.63) is 59.7 Å². The van der Waals surface area contributed by atoms with E-state index in [4.69, 9.17) is 0 Å². The standard InChI is InChI=1S/C35H52/c1-4-6-7-8-9-28-10-14-30(15-11-28)32-18-22-34(23-19-32)35-24-20-33(21-25-35)31-16-12-29(13-17-31)26-27(3)5-2/h18-25,27-31H,4-17,26H2,1-3H3. The molecule has 2 aromatic carbocycles. The summed E-state index contributed by atoms with van der Waals surface area (Å²) in [5.41, 5.74) is 5.89. The normalized spacial score (nSPS) is 25.9. The van der Waals surface area contributed by atoms with E-state index in [0.29, 0.717) is 0 Å². The van der Waals surface area contributed by atoms with E-state index in [1.165, 1.54) is 107 Å². The molecule has 192 valence electrons. The molecule has 2 aliphatic carbocycles. The summed E-state index contributed by atoms with van der Waals surface area (Å²) in [7, 11) is 0. The highest BCUT2D eigenvalue weighted by atomic mass is 14.3. The highest BCUT2D eigenvalue weighted by Crippen LogP contribution is 2.40. The van der Waals surface area contributed by atoms with Gasteiger partial charge in [-0.1, -0.05) is 108 Å². The third-order valence-corrected chi connectivity index (χ3v) is 9.69. The fraction of sp³-hybridized carbons (Fsp3) is 0.657. The Kier molecular flexibility index (Phi) is 10.3. The molecule has 0 amide bonds. The molecule has 2 aliphatic rings. The van der Waals surface area contributed by atoms with Crippen molar-refractivity contribution in [3.8, 4) is 11.1 Å². The minimum Gasteiger partial charge on any atom is -0.0654 e. The van der Waals surface area contributed by atoms with Gasteiger partial charge in [-0.05, 0) is 110 Å². The first-order chi connectivity index (χ1) is 17.2. The quantitative estimate of drug-likeness (QED) is 0.285. The maximum atomic E-state index is 2.43. The van der Waals surface area contributed by atoms with E-state index in [0.717, 1.165) is 29.6 Å². The lowest BCUT2D eigenvalue weighted by Gasteiger charge is -2.30. The van der Waals surface area contributed by atoms with Crippen molar-refractivity contribution in [2.45, 2.75) is 129 Å². The van der Waals surface area contributed by atoms with Crippen LogP contribution in [-0.4, -0.2) is 0 Å². The van der Waals surface area contributed by atoms with Gasteiger partial charge in [0.2, 0.25) is 0 Å². The maximum Gasteiger partial charge on any atom is -0.0162 e. The molecule has 2 fully saturated rings. The minimum absolute atomic E-state index is 0.779. The van der Waals surface area contributed by atoms with Crippen LogP contribution in [0.25, 0.3) is 11.1 Å². The predicted octanol–water partition coefficient (Wildman–Crippen LogP) is 11.3. The monoisotopic (exact) mass is 472 g/mol. The van der Waals surface area contributed by atoms with Crippen molar-refractivity contribution >= 4 is 0 Å². The fourth-order valence-electron chi connectivity index (χ4n) is 7.01. The Morgan fingerprint density at radius 1 is 0.600 bits per heavy atom. The molecule has 0 aliphatic heterocycles. The van der Waals surface area contributed by atoms with Crippen LogP contribution in [0.1, 0.15) is 140 Å². The molecule has 1 unspecified atom stereocenters. The zero-order valence-corrected chi connectivity index (χ0v) is 23.1. The summed E-state index contributed by atoms with van der Waals surface area (Å²) in [5.74, 6) is 4.43. The van der Waals surface area contributed by atoms with Gasteiger partial charge in [0.1, 0.15) is 0 Å². The van der Waals surface area contributed by atoms with Crippen LogP contribution in [0.3, 0.4) is 0 Å². The van der Waals surface area contributed by atoms with Crippen LogP contribution < -0.4 is 0 Å². The van der Waals surface area contributed by atoms with E-state index >= 15 is 0 Å². The van der Waals surface area contributed by atoms with E-state index in [1.807, 2.05) is 0 Å². The Bertz CT molecular complexity index is 829. The third kappa shape index (κ3) is 7.71. The molecule has 4 rings (SSSR count). The number of unbranched alkanes of at least 4 members (excludes halogenated alkanes) is 3. The van der Waals surface area contributed by atoms with Gasteiger partial charge in [-0.25, -0.2) is 0 Å². The fourth-order valence-corrected chi connectivity index (χ4v) is 7.01. The van der Waals surface area contributed by atoms with Gasteiger partial charge in [0.25, 0.3) is 0 Å². The second kappa shape index (κ2) is 13.7. The van der Waals surface area contributed by atoms with Crippen LogP contribution >= 0.6 is 0 Å². The second-order valence-electron chi connectivity index (χ2n) is 12.3. The van der Waals surface area contributed by atoms with Gasteiger partial charge in [0, 0.05) is 0 Å². The molecule has 2 aromatic rings. The number of benzene rings is 2. The maximum absolute atomic E-state index is 2.43. The van der Waals surface area contributed by atoms with Crippen molar-refractivity contribution in [1.29, 1.82) is 0 Å². The molecule has 1 atom stereocenters. The molecule has 0 heteroatoms. The molecule has 0 nitrogen and oxygen atoms in total. The molecule has 0 N–H and O–H groups in total. The van der Waals surface area contributed by atoms with Crippen LogP contribution in [0, 0.1) is 17.8 Å². The lowest BCUT2D eigenvalue weighted by Crippen LogP contribution is -2.15.